The zero-order valence-electron chi connectivity index (χ0n) is 22.8. The van der Waals surface area contributed by atoms with Crippen molar-refractivity contribution in [3.8, 4) is 11.4 Å². The lowest BCUT2D eigenvalue weighted by Crippen LogP contribution is -2.24. The van der Waals surface area contributed by atoms with Gasteiger partial charge in [0, 0.05) is 49.6 Å². The molecule has 8 aromatic rings. The largest absolute Gasteiger partial charge is 0.316 e. The van der Waals surface area contributed by atoms with Gasteiger partial charge in [-0.15, -0.1) is 0 Å². The van der Waals surface area contributed by atoms with Crippen LogP contribution in [0.1, 0.15) is 0 Å². The molecule has 42 heavy (non-hydrogen) atoms. The van der Waals surface area contributed by atoms with Crippen LogP contribution in [0.25, 0.3) is 44.1 Å². The maximum absolute atomic E-state index is 15.2. The predicted molar refractivity (Wildman–Crippen MR) is 177 cm³/mol. The minimum Gasteiger partial charge on any atom is -0.316 e. The number of aromatic nitrogens is 2. The van der Waals surface area contributed by atoms with E-state index >= 15 is 4.57 Å². The van der Waals surface area contributed by atoms with Crippen LogP contribution in [-0.2, 0) is 4.57 Å². The van der Waals surface area contributed by atoms with Gasteiger partial charge >= 0.3 is 0 Å². The third kappa shape index (κ3) is 3.71. The Labute approximate surface area is 244 Å². The lowest BCUT2D eigenvalue weighted by atomic mass is 10.1. The van der Waals surface area contributed by atoms with Crippen molar-refractivity contribution in [2.24, 2.45) is 0 Å². The molecule has 0 N–H and O–H groups in total. The summed E-state index contributed by atoms with van der Waals surface area (Å²) >= 11 is 0. The third-order valence-electron chi connectivity index (χ3n) is 8.23. The maximum atomic E-state index is 15.2. The average molecular weight is 559 g/mol. The summed E-state index contributed by atoms with van der Waals surface area (Å²) in [6.07, 6.45) is 2.15. The number of rotatable bonds is 5. The van der Waals surface area contributed by atoms with Crippen molar-refractivity contribution in [1.29, 1.82) is 0 Å². The SMILES string of the molecule is O=P(c1ccccc1)(c1ccccc1)c1ccc2c(c1)c1ccc3c(ccn3-c3ccccc3)c1n2-c1ccccc1. The molecule has 4 heteroatoms. The Morgan fingerprint density at radius 1 is 0.429 bits per heavy atom. The zero-order chi connectivity index (χ0) is 28.1. The van der Waals surface area contributed by atoms with E-state index in [1.54, 1.807) is 0 Å². The van der Waals surface area contributed by atoms with Crippen LogP contribution in [0, 0.1) is 0 Å². The predicted octanol–water partition coefficient (Wildman–Crippen LogP) is 8.37. The fourth-order valence-electron chi connectivity index (χ4n) is 6.29. The van der Waals surface area contributed by atoms with E-state index in [4.69, 9.17) is 0 Å². The molecule has 0 saturated heterocycles. The second kappa shape index (κ2) is 9.76. The van der Waals surface area contributed by atoms with Crippen molar-refractivity contribution in [2.45, 2.75) is 0 Å². The second-order valence-corrected chi connectivity index (χ2v) is 13.3. The van der Waals surface area contributed by atoms with Gasteiger partial charge in [-0.3, -0.25) is 0 Å². The van der Waals surface area contributed by atoms with Gasteiger partial charge in [0.1, 0.15) is 0 Å². The molecule has 0 spiro atoms. The van der Waals surface area contributed by atoms with Crippen molar-refractivity contribution in [3.05, 3.63) is 164 Å². The first kappa shape index (κ1) is 24.7. The number of benzene rings is 6. The highest BCUT2D eigenvalue weighted by atomic mass is 31.2. The van der Waals surface area contributed by atoms with Crippen molar-refractivity contribution >= 4 is 55.8 Å². The molecule has 0 unspecified atom stereocenters. The highest BCUT2D eigenvalue weighted by molar-refractivity contribution is 7.85. The van der Waals surface area contributed by atoms with Crippen molar-refractivity contribution in [3.63, 3.8) is 0 Å². The molecule has 0 bridgehead atoms. The Balaban J connectivity index is 1.46. The van der Waals surface area contributed by atoms with Gasteiger partial charge in [-0.1, -0.05) is 103 Å². The molecule has 200 valence electrons. The Morgan fingerprint density at radius 2 is 0.976 bits per heavy atom. The number of hydrogen-bond acceptors (Lipinski definition) is 1. The van der Waals surface area contributed by atoms with E-state index in [2.05, 4.69) is 100 Å². The number of hydrogen-bond donors (Lipinski definition) is 0. The van der Waals surface area contributed by atoms with Crippen molar-refractivity contribution < 1.29 is 4.57 Å². The summed E-state index contributed by atoms with van der Waals surface area (Å²) in [6, 6.07) is 53.8. The summed E-state index contributed by atoms with van der Waals surface area (Å²) in [5, 5.41) is 5.91. The van der Waals surface area contributed by atoms with E-state index in [1.807, 2.05) is 72.8 Å². The number of nitrogens with zero attached hydrogens (tertiary/aromatic N) is 2. The molecule has 0 fully saturated rings. The summed E-state index contributed by atoms with van der Waals surface area (Å²) < 4.78 is 19.8. The highest BCUT2D eigenvalue weighted by Gasteiger charge is 2.30. The normalized spacial score (nSPS) is 11.9. The Kier molecular flexibility index (Phi) is 5.73. The second-order valence-electron chi connectivity index (χ2n) is 10.6. The summed E-state index contributed by atoms with van der Waals surface area (Å²) in [6.45, 7) is 0. The molecule has 3 nitrogen and oxygen atoms in total. The number of para-hydroxylation sites is 2. The van der Waals surface area contributed by atoms with Gasteiger partial charge in [-0.2, -0.15) is 0 Å². The average Bonchev–Trinajstić information content (AvgIpc) is 3.65. The lowest BCUT2D eigenvalue weighted by Gasteiger charge is -2.20. The molecule has 6 aromatic carbocycles. The quantitative estimate of drug-likeness (QED) is 0.195. The minimum absolute atomic E-state index is 0.835. The first-order valence-electron chi connectivity index (χ1n) is 14.1. The Morgan fingerprint density at radius 3 is 1.60 bits per heavy atom. The van der Waals surface area contributed by atoms with Crippen LogP contribution in [0.15, 0.2) is 164 Å². The van der Waals surface area contributed by atoms with Gasteiger partial charge in [0.05, 0.1) is 16.6 Å². The van der Waals surface area contributed by atoms with E-state index in [9.17, 15) is 0 Å². The zero-order valence-corrected chi connectivity index (χ0v) is 23.7. The van der Waals surface area contributed by atoms with Crippen LogP contribution in [-0.4, -0.2) is 9.13 Å². The van der Waals surface area contributed by atoms with E-state index < -0.39 is 7.14 Å². The molecular formula is C38H27N2OP. The third-order valence-corrected chi connectivity index (χ3v) is 11.3. The van der Waals surface area contributed by atoms with Gasteiger partial charge < -0.3 is 13.7 Å². The van der Waals surface area contributed by atoms with Gasteiger partial charge in [-0.25, -0.2) is 0 Å². The molecule has 0 aliphatic heterocycles. The lowest BCUT2D eigenvalue weighted by molar-refractivity contribution is 0.592. The topological polar surface area (TPSA) is 26.9 Å². The fraction of sp³-hybridized carbons (Fsp3) is 0. The molecule has 8 rings (SSSR count). The van der Waals surface area contributed by atoms with Gasteiger partial charge in [0.2, 0.25) is 0 Å². The first-order valence-corrected chi connectivity index (χ1v) is 15.8. The smallest absolute Gasteiger partial charge is 0.171 e. The maximum Gasteiger partial charge on any atom is 0.171 e. The van der Waals surface area contributed by atoms with Gasteiger partial charge in [-0.05, 0) is 54.6 Å². The van der Waals surface area contributed by atoms with Crippen LogP contribution < -0.4 is 15.9 Å². The molecule has 0 radical (unpaired) electrons. The monoisotopic (exact) mass is 558 g/mol. The molecule has 0 amide bonds. The molecule has 0 atom stereocenters. The minimum atomic E-state index is -3.12. The Hall–Kier alpha value is -5.11. The van der Waals surface area contributed by atoms with Gasteiger partial charge in [0.15, 0.2) is 7.14 Å². The molecule has 0 saturated carbocycles. The van der Waals surface area contributed by atoms with Crippen LogP contribution in [0.3, 0.4) is 0 Å². The van der Waals surface area contributed by atoms with Crippen molar-refractivity contribution in [2.75, 3.05) is 0 Å². The Bertz CT molecular complexity index is 2210. The summed E-state index contributed by atoms with van der Waals surface area (Å²) in [5.74, 6) is 0. The van der Waals surface area contributed by atoms with Crippen LogP contribution >= 0.6 is 7.14 Å². The van der Waals surface area contributed by atoms with Crippen molar-refractivity contribution in [1.82, 2.24) is 9.13 Å². The van der Waals surface area contributed by atoms with Gasteiger partial charge in [0.25, 0.3) is 0 Å². The van der Waals surface area contributed by atoms with Crippen LogP contribution in [0.2, 0.25) is 0 Å². The molecule has 0 aliphatic carbocycles. The summed E-state index contributed by atoms with van der Waals surface area (Å²) in [4.78, 5) is 0. The van der Waals surface area contributed by atoms with E-state index in [-0.39, 0.29) is 0 Å². The highest BCUT2D eigenvalue weighted by Crippen LogP contribution is 2.44. The van der Waals surface area contributed by atoms with E-state index in [1.165, 1.54) is 5.39 Å². The fourth-order valence-corrected chi connectivity index (χ4v) is 8.97. The molecule has 2 heterocycles. The van der Waals surface area contributed by atoms with E-state index in [0.717, 1.165) is 54.6 Å². The first-order chi connectivity index (χ1) is 20.7. The molecule has 0 aliphatic rings. The summed E-state index contributed by atoms with van der Waals surface area (Å²) in [5.41, 5.74) is 5.61. The van der Waals surface area contributed by atoms with Crippen LogP contribution in [0.5, 0.6) is 0 Å². The molecule has 2 aromatic heterocycles. The van der Waals surface area contributed by atoms with Crippen LogP contribution in [0.4, 0.5) is 0 Å². The number of fused-ring (bicyclic) bond motifs is 5. The van der Waals surface area contributed by atoms with E-state index in [0.29, 0.717) is 0 Å². The standard InChI is InChI=1S/C38H27N2OP/c41-42(30-17-9-3-10-18-30,31-19-11-4-12-20-31)32-21-23-37-35(27-32)33-22-24-36-34(25-26-39(36)28-13-5-1-6-14-28)38(33)40(37)29-15-7-2-8-16-29/h1-27H. The summed E-state index contributed by atoms with van der Waals surface area (Å²) in [7, 11) is -3.12. The molecular weight excluding hydrogens is 531 g/mol.